The van der Waals surface area contributed by atoms with Crippen molar-refractivity contribution in [2.75, 3.05) is 0 Å². The summed E-state index contributed by atoms with van der Waals surface area (Å²) in [4.78, 5) is 0. The summed E-state index contributed by atoms with van der Waals surface area (Å²) < 4.78 is 93.4. The lowest BCUT2D eigenvalue weighted by Gasteiger charge is -2.14. The van der Waals surface area contributed by atoms with Gasteiger partial charge in [0, 0.05) is 13.0 Å². The number of sulfonamides is 1. The van der Waals surface area contributed by atoms with Gasteiger partial charge in [0.15, 0.2) is 7.05 Å². The Morgan fingerprint density at radius 2 is 1.72 bits per heavy atom. The van der Waals surface area contributed by atoms with Gasteiger partial charge in [-0.05, 0) is 13.3 Å². The largest absolute Gasteiger partial charge is 0.855 e. The van der Waals surface area contributed by atoms with Crippen molar-refractivity contribution in [2.45, 2.75) is 45.4 Å². The fourth-order valence-electron chi connectivity index (χ4n) is 1.65. The van der Waals surface area contributed by atoms with Crippen LogP contribution in [0.25, 0.3) is 0 Å². The Kier molecular flexibility index (Phi) is 7.48. The molecule has 0 aromatic carbocycles. The summed E-state index contributed by atoms with van der Waals surface area (Å²) >= 11 is 0. The minimum Gasteiger partial charge on any atom is -0.855 e. The summed E-state index contributed by atoms with van der Waals surface area (Å²) in [6.45, 7) is 7.62. The van der Waals surface area contributed by atoms with Gasteiger partial charge in [-0.3, -0.25) is 0 Å². The van der Waals surface area contributed by atoms with Crippen molar-refractivity contribution in [3.8, 4) is 0 Å². The lowest BCUT2D eigenvalue weighted by atomic mass is 10.4. The zero-order valence-electron chi connectivity index (χ0n) is 13.7. The number of rotatable bonds is 3. The second-order valence-electron chi connectivity index (χ2n) is 4.89. The van der Waals surface area contributed by atoms with Gasteiger partial charge in [0.05, 0.1) is 18.1 Å². The van der Waals surface area contributed by atoms with Crippen LogP contribution in [0.15, 0.2) is 10.5 Å². The predicted molar refractivity (Wildman–Crippen MR) is 73.8 cm³/mol. The third kappa shape index (κ3) is 6.55. The van der Waals surface area contributed by atoms with Crippen molar-refractivity contribution in [3.63, 3.8) is 0 Å². The molecular formula is C12H17F6N3O3S. The van der Waals surface area contributed by atoms with E-state index in [-0.39, 0.29) is 0 Å². The van der Waals surface area contributed by atoms with Gasteiger partial charge in [0.25, 0.3) is 0 Å². The molecule has 146 valence electrons. The first kappa shape index (κ1) is 23.2. The first-order valence-corrected chi connectivity index (χ1v) is 8.17. The van der Waals surface area contributed by atoms with Crippen LogP contribution in [0, 0.1) is 13.8 Å². The zero-order valence-corrected chi connectivity index (χ0v) is 14.6. The number of hydrogen-bond donors (Lipinski definition) is 0. The molecule has 0 saturated carbocycles. The Morgan fingerprint density at radius 1 is 1.24 bits per heavy atom. The third-order valence-electron chi connectivity index (χ3n) is 2.87. The monoisotopic (exact) mass is 397 g/mol. The molecule has 1 aromatic heterocycles. The van der Waals surface area contributed by atoms with E-state index in [1.807, 2.05) is 0 Å². The highest BCUT2D eigenvalue weighted by atomic mass is 32.2. The molecule has 1 heterocycles. The Hall–Kier alpha value is -1.79. The van der Waals surface area contributed by atoms with Gasteiger partial charge in [-0.2, -0.15) is 43.8 Å². The van der Waals surface area contributed by atoms with Crippen molar-refractivity contribution >= 4 is 15.9 Å². The minimum atomic E-state index is -6.42. The number of halogens is 6. The van der Waals surface area contributed by atoms with Gasteiger partial charge in [-0.25, -0.2) is 0 Å². The van der Waals surface area contributed by atoms with Crippen molar-refractivity contribution in [3.05, 3.63) is 17.5 Å². The van der Waals surface area contributed by atoms with E-state index in [1.54, 1.807) is 0 Å². The van der Waals surface area contributed by atoms with Gasteiger partial charge < -0.3 is 5.11 Å². The highest BCUT2D eigenvalue weighted by Crippen LogP contribution is 2.26. The molecule has 0 saturated heterocycles. The van der Waals surface area contributed by atoms with E-state index in [0.29, 0.717) is 0 Å². The standard InChI is InChI=1S/C9H17N2.C3HF6NO3S/c1-5-6-11-9(3)7-8(2)10(11)4;4-2(5,6)1(11)10-14(12,13)3(7,8)9/h7H,5-6H2,1-4H3;(H,10,11)/q+1;/p-1. The van der Waals surface area contributed by atoms with E-state index in [1.165, 1.54) is 17.8 Å². The van der Waals surface area contributed by atoms with Crippen molar-refractivity contribution in [1.82, 2.24) is 4.68 Å². The Labute approximate surface area is 140 Å². The van der Waals surface area contributed by atoms with Crippen LogP contribution < -0.4 is 9.79 Å². The molecule has 25 heavy (non-hydrogen) atoms. The Balaban J connectivity index is 0.000000472. The lowest BCUT2D eigenvalue weighted by molar-refractivity contribution is -0.759. The summed E-state index contributed by atoms with van der Waals surface area (Å²) in [5.41, 5.74) is -3.34. The quantitative estimate of drug-likeness (QED) is 0.336. The highest BCUT2D eigenvalue weighted by Gasteiger charge is 2.47. The smallest absolute Gasteiger partial charge is 0.518 e. The number of aryl methyl sites for hydroxylation is 2. The summed E-state index contributed by atoms with van der Waals surface area (Å²) in [6.07, 6.45) is -4.55. The van der Waals surface area contributed by atoms with Crippen LogP contribution in [0.5, 0.6) is 0 Å². The molecule has 0 bridgehead atoms. The van der Waals surface area contributed by atoms with Crippen molar-refractivity contribution < 1.29 is 44.5 Å². The summed E-state index contributed by atoms with van der Waals surface area (Å²) in [7, 11) is -4.32. The Morgan fingerprint density at radius 3 is 2.00 bits per heavy atom. The van der Waals surface area contributed by atoms with Crippen LogP contribution in [-0.4, -0.2) is 30.7 Å². The van der Waals surface area contributed by atoms with E-state index in [0.717, 1.165) is 10.9 Å². The average Bonchev–Trinajstić information content (AvgIpc) is 2.64. The van der Waals surface area contributed by atoms with Gasteiger partial charge in [0.1, 0.15) is 0 Å². The summed E-state index contributed by atoms with van der Waals surface area (Å²) in [6, 6.07) is 2.22. The molecule has 0 aliphatic heterocycles. The molecule has 0 aliphatic rings. The van der Waals surface area contributed by atoms with Gasteiger partial charge >= 0.3 is 21.7 Å². The van der Waals surface area contributed by atoms with E-state index in [9.17, 15) is 39.9 Å². The molecule has 0 radical (unpaired) electrons. The van der Waals surface area contributed by atoms with Crippen LogP contribution in [0.3, 0.4) is 0 Å². The van der Waals surface area contributed by atoms with Crippen LogP contribution in [-0.2, 0) is 23.6 Å². The lowest BCUT2D eigenvalue weighted by Crippen LogP contribution is -2.41. The maximum Gasteiger partial charge on any atom is 0.518 e. The number of aromatic nitrogens is 2. The fraction of sp³-hybridized carbons (Fsp3) is 0.667. The second kappa shape index (κ2) is 8.06. The van der Waals surface area contributed by atoms with Gasteiger partial charge in [0.2, 0.25) is 5.69 Å². The predicted octanol–water partition coefficient (Wildman–Crippen LogP) is 1.50. The first-order chi connectivity index (χ1) is 11.0. The SMILES string of the molecule is CCCn1c(C)cc(C)[n+]1C.O=S(=O)(/N=C(\[O-])C(F)(F)F)C(F)(F)F. The molecule has 0 spiro atoms. The number of hydrogen-bond acceptors (Lipinski definition) is 3. The summed E-state index contributed by atoms with van der Waals surface area (Å²) in [5, 5.41) is 9.76. The fourth-order valence-corrected chi connectivity index (χ4v) is 2.07. The van der Waals surface area contributed by atoms with Crippen molar-refractivity contribution in [1.29, 1.82) is 0 Å². The molecular weight excluding hydrogens is 380 g/mol. The van der Waals surface area contributed by atoms with Gasteiger partial charge in [-0.15, -0.1) is 4.68 Å². The number of nitrogens with zero attached hydrogens (tertiary/aromatic N) is 3. The average molecular weight is 397 g/mol. The molecule has 6 nitrogen and oxygen atoms in total. The molecule has 0 fully saturated rings. The van der Waals surface area contributed by atoms with Crippen LogP contribution >= 0.6 is 0 Å². The molecule has 0 amide bonds. The third-order valence-corrected chi connectivity index (χ3v) is 3.86. The molecule has 1 aromatic rings. The Bertz CT molecular complexity index is 720. The molecule has 0 unspecified atom stereocenters. The maximum atomic E-state index is 11.4. The van der Waals surface area contributed by atoms with Crippen LogP contribution in [0.1, 0.15) is 24.7 Å². The molecule has 13 heteroatoms. The second-order valence-corrected chi connectivity index (χ2v) is 6.48. The van der Waals surface area contributed by atoms with Crippen LogP contribution in [0.2, 0.25) is 0 Å². The zero-order chi connectivity index (χ0) is 20.2. The number of alkyl halides is 6. The summed E-state index contributed by atoms with van der Waals surface area (Å²) in [5.74, 6) is -3.32. The van der Waals surface area contributed by atoms with Gasteiger partial charge in [-0.1, -0.05) is 6.92 Å². The minimum absolute atomic E-state index is 1.03. The van der Waals surface area contributed by atoms with Crippen LogP contribution in [0.4, 0.5) is 26.3 Å². The van der Waals surface area contributed by atoms with E-state index < -0.39 is 27.6 Å². The van der Waals surface area contributed by atoms with E-state index in [2.05, 4.69) is 43.2 Å². The molecule has 0 aliphatic carbocycles. The highest BCUT2D eigenvalue weighted by molar-refractivity contribution is 7.91. The molecule has 1 rings (SSSR count). The molecule has 0 atom stereocenters. The molecule has 0 N–H and O–H groups in total. The van der Waals surface area contributed by atoms with E-state index >= 15 is 0 Å². The maximum absolute atomic E-state index is 11.4. The normalized spacial score (nSPS) is 13.4. The first-order valence-electron chi connectivity index (χ1n) is 6.73. The topological polar surface area (TPSA) is 78.4 Å². The van der Waals surface area contributed by atoms with E-state index in [4.69, 9.17) is 0 Å². The van der Waals surface area contributed by atoms with Crippen molar-refractivity contribution in [2.24, 2.45) is 11.4 Å².